The van der Waals surface area contributed by atoms with Crippen LogP contribution in [-0.2, 0) is 24.8 Å². The van der Waals surface area contributed by atoms with E-state index in [1.807, 2.05) is 0 Å². The average molecular weight is 468 g/mol. The van der Waals surface area contributed by atoms with Crippen LogP contribution in [-0.4, -0.2) is 72.7 Å². The molecule has 2 aromatic rings. The Hall–Kier alpha value is -2.47. The third kappa shape index (κ3) is 5.62. The molecule has 31 heavy (non-hydrogen) atoms. The van der Waals surface area contributed by atoms with E-state index in [9.17, 15) is 21.6 Å². The highest BCUT2D eigenvalue weighted by Gasteiger charge is 2.24. The summed E-state index contributed by atoms with van der Waals surface area (Å²) in [7, 11) is -5.79. The van der Waals surface area contributed by atoms with Crippen molar-refractivity contribution in [3.05, 3.63) is 60.2 Å². The van der Waals surface area contributed by atoms with Crippen molar-refractivity contribution in [2.24, 2.45) is 0 Å². The lowest BCUT2D eigenvalue weighted by molar-refractivity contribution is 0.0730. The minimum absolute atomic E-state index is 0.0463. The third-order valence-electron chi connectivity index (χ3n) is 4.90. The van der Waals surface area contributed by atoms with Crippen LogP contribution in [0.15, 0.2) is 59.5 Å². The van der Waals surface area contributed by atoms with Crippen LogP contribution in [0.1, 0.15) is 10.4 Å². The number of morpholine rings is 1. The van der Waals surface area contributed by atoms with E-state index < -0.39 is 26.0 Å². The van der Waals surface area contributed by atoms with Gasteiger partial charge in [0.2, 0.25) is 10.0 Å². The predicted molar refractivity (Wildman–Crippen MR) is 117 cm³/mol. The molecule has 11 heteroatoms. The number of nitrogens with zero attached hydrogens (tertiary/aromatic N) is 2. The summed E-state index contributed by atoms with van der Waals surface area (Å²) in [6.07, 6.45) is 0. The van der Waals surface area contributed by atoms with E-state index in [4.69, 9.17) is 4.74 Å². The number of carbonyl (C=O) groups excluding carboxylic acids is 1. The fourth-order valence-electron chi connectivity index (χ4n) is 3.06. The number of amides is 1. The molecule has 2 aromatic carbocycles. The number of sulfonamides is 2. The van der Waals surface area contributed by atoms with Crippen molar-refractivity contribution in [1.29, 1.82) is 0 Å². The SMILES string of the molecule is CN(c1ccccc1)S(=O)(=O)c1ccc(C(=O)NCCS(=O)(=O)N2CCOCC2)cc1. The average Bonchev–Trinajstić information content (AvgIpc) is 2.79. The van der Waals surface area contributed by atoms with Crippen molar-refractivity contribution < 1.29 is 26.4 Å². The molecule has 1 N–H and O–H groups in total. The van der Waals surface area contributed by atoms with Crippen LogP contribution in [0, 0.1) is 0 Å². The molecule has 1 fully saturated rings. The monoisotopic (exact) mass is 467 g/mol. The molecule has 0 bridgehead atoms. The second-order valence-electron chi connectivity index (χ2n) is 6.92. The highest BCUT2D eigenvalue weighted by Crippen LogP contribution is 2.21. The number of hydrogen-bond acceptors (Lipinski definition) is 6. The zero-order valence-corrected chi connectivity index (χ0v) is 18.7. The summed E-state index contributed by atoms with van der Waals surface area (Å²) in [6.45, 7) is 1.29. The Labute approximate surface area is 182 Å². The third-order valence-corrected chi connectivity index (χ3v) is 8.58. The van der Waals surface area contributed by atoms with Crippen LogP contribution in [0.2, 0.25) is 0 Å². The van der Waals surface area contributed by atoms with Crippen LogP contribution >= 0.6 is 0 Å². The number of nitrogens with one attached hydrogen (secondary N) is 1. The molecule has 0 radical (unpaired) electrons. The normalized spacial score (nSPS) is 15.4. The Bertz CT molecular complexity index is 1100. The summed E-state index contributed by atoms with van der Waals surface area (Å²) in [5.41, 5.74) is 0.760. The van der Waals surface area contributed by atoms with Crippen LogP contribution < -0.4 is 9.62 Å². The van der Waals surface area contributed by atoms with Gasteiger partial charge in [-0.2, -0.15) is 4.31 Å². The first-order valence-electron chi connectivity index (χ1n) is 9.69. The molecule has 0 spiro atoms. The Kier molecular flexibility index (Phi) is 7.31. The van der Waals surface area contributed by atoms with Gasteiger partial charge < -0.3 is 10.1 Å². The van der Waals surface area contributed by atoms with Crippen LogP contribution in [0.25, 0.3) is 0 Å². The van der Waals surface area contributed by atoms with E-state index in [0.717, 1.165) is 0 Å². The summed E-state index contributed by atoms with van der Waals surface area (Å²) in [5.74, 6) is -0.690. The summed E-state index contributed by atoms with van der Waals surface area (Å²) >= 11 is 0. The topological polar surface area (TPSA) is 113 Å². The summed E-state index contributed by atoms with van der Waals surface area (Å²) in [5, 5.41) is 2.57. The van der Waals surface area contributed by atoms with Crippen molar-refractivity contribution in [3.8, 4) is 0 Å². The number of anilines is 1. The smallest absolute Gasteiger partial charge is 0.264 e. The van der Waals surface area contributed by atoms with E-state index in [1.54, 1.807) is 30.3 Å². The summed E-state index contributed by atoms with van der Waals surface area (Å²) < 4.78 is 57.8. The Morgan fingerprint density at radius 2 is 1.61 bits per heavy atom. The number of rotatable bonds is 8. The molecule has 1 aliphatic rings. The first-order chi connectivity index (χ1) is 14.7. The van der Waals surface area contributed by atoms with E-state index in [1.165, 1.54) is 39.9 Å². The minimum Gasteiger partial charge on any atom is -0.379 e. The predicted octanol–water partition coefficient (Wildman–Crippen LogP) is 0.904. The van der Waals surface area contributed by atoms with Gasteiger partial charge in [-0.05, 0) is 36.4 Å². The summed E-state index contributed by atoms with van der Waals surface area (Å²) in [4.78, 5) is 12.4. The number of carbonyl (C=O) groups is 1. The molecule has 9 nitrogen and oxygen atoms in total. The first kappa shape index (κ1) is 23.2. The van der Waals surface area contributed by atoms with Crippen molar-refractivity contribution in [2.75, 3.05) is 50.0 Å². The maximum Gasteiger partial charge on any atom is 0.264 e. The molecule has 0 unspecified atom stereocenters. The fourth-order valence-corrected chi connectivity index (χ4v) is 5.58. The lowest BCUT2D eigenvalue weighted by Crippen LogP contribution is -2.43. The molecule has 1 saturated heterocycles. The molecule has 0 saturated carbocycles. The zero-order valence-electron chi connectivity index (χ0n) is 17.1. The van der Waals surface area contributed by atoms with Crippen LogP contribution in [0.4, 0.5) is 5.69 Å². The highest BCUT2D eigenvalue weighted by atomic mass is 32.2. The van der Waals surface area contributed by atoms with Gasteiger partial charge in [-0.15, -0.1) is 0 Å². The molecule has 0 aliphatic carbocycles. The van der Waals surface area contributed by atoms with Crippen LogP contribution in [0.5, 0.6) is 0 Å². The molecular weight excluding hydrogens is 442 g/mol. The maximum absolute atomic E-state index is 12.8. The van der Waals surface area contributed by atoms with Crippen molar-refractivity contribution in [2.45, 2.75) is 4.90 Å². The molecule has 1 aliphatic heterocycles. The van der Waals surface area contributed by atoms with E-state index in [0.29, 0.717) is 32.0 Å². The molecule has 0 atom stereocenters. The standard InChI is InChI=1S/C20H25N3O6S2/c1-22(18-5-3-2-4-6-18)31(27,28)19-9-7-17(8-10-19)20(24)21-11-16-30(25,26)23-12-14-29-15-13-23/h2-10H,11-16H2,1H3,(H,21,24). The van der Waals surface area contributed by atoms with E-state index >= 15 is 0 Å². The molecular formula is C20H25N3O6S2. The number of hydrogen-bond donors (Lipinski definition) is 1. The number of para-hydroxylation sites is 1. The van der Waals surface area contributed by atoms with Gasteiger partial charge in [0.15, 0.2) is 0 Å². The lowest BCUT2D eigenvalue weighted by atomic mass is 10.2. The largest absolute Gasteiger partial charge is 0.379 e. The van der Waals surface area contributed by atoms with Crippen molar-refractivity contribution in [1.82, 2.24) is 9.62 Å². The molecule has 1 amide bonds. The fraction of sp³-hybridized carbons (Fsp3) is 0.350. The van der Waals surface area contributed by atoms with Gasteiger partial charge in [-0.25, -0.2) is 16.8 Å². The lowest BCUT2D eigenvalue weighted by Gasteiger charge is -2.26. The molecule has 3 rings (SSSR count). The van der Waals surface area contributed by atoms with Gasteiger partial charge in [0, 0.05) is 32.2 Å². The maximum atomic E-state index is 12.8. The zero-order chi connectivity index (χ0) is 22.5. The van der Waals surface area contributed by atoms with Gasteiger partial charge in [-0.1, -0.05) is 18.2 Å². The number of ether oxygens (including phenoxy) is 1. The van der Waals surface area contributed by atoms with Gasteiger partial charge in [0.05, 0.1) is 29.5 Å². The van der Waals surface area contributed by atoms with E-state index in [2.05, 4.69) is 5.32 Å². The Morgan fingerprint density at radius 1 is 1.00 bits per heavy atom. The molecule has 168 valence electrons. The second-order valence-corrected chi connectivity index (χ2v) is 11.0. The first-order valence-corrected chi connectivity index (χ1v) is 12.7. The Balaban J connectivity index is 1.60. The van der Waals surface area contributed by atoms with Crippen LogP contribution in [0.3, 0.4) is 0 Å². The van der Waals surface area contributed by atoms with Gasteiger partial charge in [0.25, 0.3) is 15.9 Å². The molecule has 0 aromatic heterocycles. The quantitative estimate of drug-likeness (QED) is 0.617. The van der Waals surface area contributed by atoms with Gasteiger partial charge in [0.1, 0.15) is 0 Å². The van der Waals surface area contributed by atoms with Gasteiger partial charge in [-0.3, -0.25) is 9.10 Å². The van der Waals surface area contributed by atoms with Crippen molar-refractivity contribution in [3.63, 3.8) is 0 Å². The van der Waals surface area contributed by atoms with E-state index in [-0.39, 0.29) is 22.8 Å². The molecule has 1 heterocycles. The number of benzene rings is 2. The van der Waals surface area contributed by atoms with Gasteiger partial charge >= 0.3 is 0 Å². The Morgan fingerprint density at radius 3 is 2.23 bits per heavy atom. The second kappa shape index (κ2) is 9.77. The van der Waals surface area contributed by atoms with Crippen molar-refractivity contribution >= 4 is 31.6 Å². The minimum atomic E-state index is -3.78. The summed E-state index contributed by atoms with van der Waals surface area (Å²) in [6, 6.07) is 14.2. The highest BCUT2D eigenvalue weighted by molar-refractivity contribution is 7.92.